The molecular weight excluding hydrogens is 318 g/mol. The molecule has 0 bridgehead atoms. The van der Waals surface area contributed by atoms with Gasteiger partial charge >= 0.3 is 6.03 Å². The average Bonchev–Trinajstić information content (AvgIpc) is 2.57. The van der Waals surface area contributed by atoms with Crippen molar-refractivity contribution in [1.82, 2.24) is 4.90 Å². The van der Waals surface area contributed by atoms with Gasteiger partial charge in [-0.3, -0.25) is 0 Å². The van der Waals surface area contributed by atoms with Crippen LogP contribution in [0.15, 0.2) is 18.2 Å². The average molecular weight is 340 g/mol. The minimum atomic E-state index is -0.803. The number of benzene rings is 1. The molecule has 132 valence electrons. The number of amides is 2. The van der Waals surface area contributed by atoms with Gasteiger partial charge in [-0.2, -0.15) is 0 Å². The first-order valence-corrected chi connectivity index (χ1v) is 8.27. The van der Waals surface area contributed by atoms with Gasteiger partial charge in [-0.15, -0.1) is 0 Å². The molecule has 2 atom stereocenters. The van der Waals surface area contributed by atoms with Gasteiger partial charge in [-0.1, -0.05) is 0 Å². The van der Waals surface area contributed by atoms with E-state index >= 15 is 0 Å². The summed E-state index contributed by atoms with van der Waals surface area (Å²) in [5.41, 5.74) is -0.314. The Morgan fingerprint density at radius 2 is 2.12 bits per heavy atom. The van der Waals surface area contributed by atoms with E-state index in [1.54, 1.807) is 4.90 Å². The number of urea groups is 1. The van der Waals surface area contributed by atoms with Crippen molar-refractivity contribution in [2.24, 2.45) is 5.41 Å². The molecule has 2 fully saturated rings. The summed E-state index contributed by atoms with van der Waals surface area (Å²) in [5, 5.41) is 12.6. The highest BCUT2D eigenvalue weighted by molar-refractivity contribution is 5.89. The molecular formula is C17H22F2N2O3. The Hall–Kier alpha value is -1.73. The highest BCUT2D eigenvalue weighted by atomic mass is 19.1. The van der Waals surface area contributed by atoms with Crippen LogP contribution in [0, 0.1) is 17.0 Å². The van der Waals surface area contributed by atoms with Crippen LogP contribution in [0.5, 0.6) is 0 Å². The highest BCUT2D eigenvalue weighted by Crippen LogP contribution is 2.50. The summed E-state index contributed by atoms with van der Waals surface area (Å²) in [6.07, 6.45) is 1.59. The van der Waals surface area contributed by atoms with Gasteiger partial charge in [-0.25, -0.2) is 13.6 Å². The van der Waals surface area contributed by atoms with E-state index in [2.05, 4.69) is 5.32 Å². The Labute approximate surface area is 139 Å². The number of anilines is 1. The van der Waals surface area contributed by atoms with Gasteiger partial charge in [0.2, 0.25) is 0 Å². The summed E-state index contributed by atoms with van der Waals surface area (Å²) >= 11 is 0. The maximum Gasteiger partial charge on any atom is 0.321 e. The Kier molecular flexibility index (Phi) is 4.73. The Morgan fingerprint density at radius 3 is 2.71 bits per heavy atom. The number of aliphatic hydroxyl groups excluding tert-OH is 1. The number of ether oxygens (including phenoxy) is 1. The highest BCUT2D eigenvalue weighted by Gasteiger charge is 2.56. The molecule has 1 saturated carbocycles. The van der Waals surface area contributed by atoms with Gasteiger partial charge in [0.25, 0.3) is 0 Å². The lowest BCUT2D eigenvalue weighted by atomic mass is 9.58. The van der Waals surface area contributed by atoms with Crippen LogP contribution >= 0.6 is 0 Å². The van der Waals surface area contributed by atoms with Crippen molar-refractivity contribution in [3.8, 4) is 0 Å². The maximum absolute atomic E-state index is 13.6. The lowest BCUT2D eigenvalue weighted by Crippen LogP contribution is -2.63. The molecule has 1 aliphatic heterocycles. The van der Waals surface area contributed by atoms with Gasteiger partial charge in [-0.05, 0) is 31.9 Å². The predicted octanol–water partition coefficient (Wildman–Crippen LogP) is 2.75. The quantitative estimate of drug-likeness (QED) is 0.889. The van der Waals surface area contributed by atoms with Crippen LogP contribution in [0.25, 0.3) is 0 Å². The smallest absolute Gasteiger partial charge is 0.321 e. The molecule has 2 N–H and O–H groups in total. The summed E-state index contributed by atoms with van der Waals surface area (Å²) in [6.45, 7) is 3.47. The van der Waals surface area contributed by atoms with Crippen molar-refractivity contribution in [3.63, 3.8) is 0 Å². The molecule has 1 saturated heterocycles. The Balaban J connectivity index is 1.59. The van der Waals surface area contributed by atoms with Crippen LogP contribution in [0.1, 0.15) is 26.2 Å². The summed E-state index contributed by atoms with van der Waals surface area (Å²) in [4.78, 5) is 13.9. The number of carbonyl (C=O) groups is 1. The van der Waals surface area contributed by atoms with Crippen LogP contribution in [-0.4, -0.2) is 47.9 Å². The van der Waals surface area contributed by atoms with E-state index in [-0.39, 0.29) is 17.2 Å². The molecule has 2 aliphatic rings. The van der Waals surface area contributed by atoms with Gasteiger partial charge < -0.3 is 20.1 Å². The molecule has 1 aliphatic carbocycles. The summed E-state index contributed by atoms with van der Waals surface area (Å²) in [7, 11) is 0. The van der Waals surface area contributed by atoms with E-state index in [1.807, 2.05) is 6.92 Å². The molecule has 2 amide bonds. The molecule has 0 radical (unpaired) electrons. The van der Waals surface area contributed by atoms with Crippen molar-refractivity contribution >= 4 is 11.7 Å². The normalized spacial score (nSPS) is 25.4. The molecule has 7 heteroatoms. The number of aliphatic hydroxyl groups is 1. The standard InChI is InChI=1S/C17H22F2N2O3/c1-2-24-15-10-14(22)17(15)5-7-21(8-6-17)16(23)20-13-4-3-11(18)9-12(13)19/h3-4,9,14-15,22H,2,5-8,10H2,1H3,(H,20,23). The third-order valence-corrected chi connectivity index (χ3v) is 5.26. The number of rotatable bonds is 3. The lowest BCUT2D eigenvalue weighted by molar-refractivity contribution is -0.207. The number of piperidine rings is 1. The van der Waals surface area contributed by atoms with Crippen molar-refractivity contribution in [1.29, 1.82) is 0 Å². The number of nitrogens with zero attached hydrogens (tertiary/aromatic N) is 1. The second kappa shape index (κ2) is 6.64. The first kappa shape index (κ1) is 17.1. The second-order valence-electron chi connectivity index (χ2n) is 6.47. The van der Waals surface area contributed by atoms with Crippen LogP contribution in [0.4, 0.5) is 19.3 Å². The fraction of sp³-hybridized carbons (Fsp3) is 0.588. The SMILES string of the molecule is CCOC1CC(O)C12CCN(C(=O)Nc1ccc(F)cc1F)CC2. The number of likely N-dealkylation sites (tertiary alicyclic amines) is 1. The summed E-state index contributed by atoms with van der Waals surface area (Å²) < 4.78 is 32.2. The van der Waals surface area contributed by atoms with Crippen molar-refractivity contribution in [2.75, 3.05) is 25.0 Å². The van der Waals surface area contributed by atoms with Crippen LogP contribution in [-0.2, 0) is 4.74 Å². The molecule has 1 aromatic carbocycles. The predicted molar refractivity (Wildman–Crippen MR) is 84.7 cm³/mol. The zero-order chi connectivity index (χ0) is 17.3. The first-order valence-electron chi connectivity index (χ1n) is 8.27. The molecule has 1 aromatic rings. The molecule has 1 spiro atoms. The van der Waals surface area contributed by atoms with Crippen LogP contribution in [0.3, 0.4) is 0 Å². The lowest BCUT2D eigenvalue weighted by Gasteiger charge is -2.56. The van der Waals surface area contributed by atoms with Gasteiger partial charge in [0.05, 0.1) is 17.9 Å². The minimum Gasteiger partial charge on any atom is -0.392 e. The van der Waals surface area contributed by atoms with Gasteiger partial charge in [0, 0.05) is 37.6 Å². The summed E-state index contributed by atoms with van der Waals surface area (Å²) in [5.74, 6) is -1.49. The fourth-order valence-corrected chi connectivity index (χ4v) is 3.73. The number of hydrogen-bond acceptors (Lipinski definition) is 3. The number of nitrogens with one attached hydrogen (secondary N) is 1. The van der Waals surface area contributed by atoms with Crippen LogP contribution in [0.2, 0.25) is 0 Å². The second-order valence-corrected chi connectivity index (χ2v) is 6.47. The number of halogens is 2. The molecule has 0 aromatic heterocycles. The molecule has 5 nitrogen and oxygen atoms in total. The zero-order valence-corrected chi connectivity index (χ0v) is 13.6. The molecule has 24 heavy (non-hydrogen) atoms. The third-order valence-electron chi connectivity index (χ3n) is 5.26. The monoisotopic (exact) mass is 340 g/mol. The van der Waals surface area contributed by atoms with E-state index in [4.69, 9.17) is 4.74 Å². The van der Waals surface area contributed by atoms with E-state index < -0.39 is 23.8 Å². The largest absolute Gasteiger partial charge is 0.392 e. The van der Waals surface area contributed by atoms with Crippen molar-refractivity contribution < 1.29 is 23.4 Å². The van der Waals surface area contributed by atoms with Gasteiger partial charge in [0.15, 0.2) is 0 Å². The van der Waals surface area contributed by atoms with E-state index in [0.717, 1.165) is 12.1 Å². The molecule has 1 heterocycles. The topological polar surface area (TPSA) is 61.8 Å². The van der Waals surface area contributed by atoms with E-state index in [9.17, 15) is 18.7 Å². The number of hydrogen-bond donors (Lipinski definition) is 2. The molecule has 3 rings (SSSR count). The van der Waals surface area contributed by atoms with Gasteiger partial charge in [0.1, 0.15) is 11.6 Å². The fourth-order valence-electron chi connectivity index (χ4n) is 3.73. The van der Waals surface area contributed by atoms with Crippen molar-refractivity contribution in [3.05, 3.63) is 29.8 Å². The van der Waals surface area contributed by atoms with Crippen LogP contribution < -0.4 is 5.32 Å². The van der Waals surface area contributed by atoms with E-state index in [0.29, 0.717) is 39.0 Å². The Bertz CT molecular complexity index is 616. The summed E-state index contributed by atoms with van der Waals surface area (Å²) in [6, 6.07) is 2.62. The number of carbonyl (C=O) groups excluding carboxylic acids is 1. The van der Waals surface area contributed by atoms with Crippen molar-refractivity contribution in [2.45, 2.75) is 38.4 Å². The zero-order valence-electron chi connectivity index (χ0n) is 13.6. The minimum absolute atomic E-state index is 0.0391. The molecule has 2 unspecified atom stereocenters. The Morgan fingerprint density at radius 1 is 1.42 bits per heavy atom. The third kappa shape index (κ3) is 2.98. The van der Waals surface area contributed by atoms with E-state index in [1.165, 1.54) is 6.07 Å². The first-order chi connectivity index (χ1) is 11.5. The maximum atomic E-state index is 13.6.